The number of hydrogen-bond acceptors (Lipinski definition) is 3. The zero-order valence-corrected chi connectivity index (χ0v) is 10.4. The van der Waals surface area contributed by atoms with Crippen LogP contribution in [0.15, 0.2) is 36.4 Å². The van der Waals surface area contributed by atoms with Gasteiger partial charge in [-0.05, 0) is 25.5 Å². The summed E-state index contributed by atoms with van der Waals surface area (Å²) in [6.07, 6.45) is 2.50. The van der Waals surface area contributed by atoms with E-state index in [4.69, 9.17) is 4.74 Å². The maximum Gasteiger partial charge on any atom is 0.417 e. The third-order valence-corrected chi connectivity index (χ3v) is 2.78. The summed E-state index contributed by atoms with van der Waals surface area (Å²) < 4.78 is 4.89. The van der Waals surface area contributed by atoms with Gasteiger partial charge in [-0.25, -0.2) is 9.69 Å². The molecule has 0 bridgehead atoms. The first kappa shape index (κ1) is 12.4. The third-order valence-electron chi connectivity index (χ3n) is 2.78. The summed E-state index contributed by atoms with van der Waals surface area (Å²) >= 11 is 0. The quantitative estimate of drug-likeness (QED) is 0.752. The molecule has 1 fully saturated rings. The van der Waals surface area contributed by atoms with Crippen molar-refractivity contribution in [1.29, 1.82) is 0 Å². The van der Waals surface area contributed by atoms with Crippen molar-refractivity contribution in [2.24, 2.45) is 0 Å². The van der Waals surface area contributed by atoms with E-state index in [9.17, 15) is 9.59 Å². The van der Waals surface area contributed by atoms with Crippen molar-refractivity contribution >= 4 is 18.1 Å². The summed E-state index contributed by atoms with van der Waals surface area (Å²) in [4.78, 5) is 24.6. The Labute approximate surface area is 106 Å². The predicted octanol–water partition coefficient (Wildman–Crippen LogP) is 2.46. The van der Waals surface area contributed by atoms with Gasteiger partial charge in [-0.2, -0.15) is 0 Å². The van der Waals surface area contributed by atoms with Gasteiger partial charge in [0.1, 0.15) is 6.61 Å². The molecule has 1 aliphatic rings. The molecule has 0 saturated carbocycles. The molecule has 4 nitrogen and oxygen atoms in total. The second-order valence-corrected chi connectivity index (χ2v) is 4.78. The van der Waals surface area contributed by atoms with Gasteiger partial charge in [0.2, 0.25) is 0 Å². The Morgan fingerprint density at radius 2 is 2.00 bits per heavy atom. The minimum absolute atomic E-state index is 0.233. The zero-order valence-electron chi connectivity index (χ0n) is 10.4. The maximum atomic E-state index is 12.0. The van der Waals surface area contributed by atoms with Crippen LogP contribution in [-0.4, -0.2) is 29.0 Å². The SMILES string of the molecule is CC1(C)COC(=O)N1C(=O)/C=C/c1ccccc1. The Morgan fingerprint density at radius 3 is 2.56 bits per heavy atom. The van der Waals surface area contributed by atoms with Gasteiger partial charge >= 0.3 is 6.09 Å². The van der Waals surface area contributed by atoms with E-state index in [1.165, 1.54) is 6.08 Å². The molecule has 0 aliphatic carbocycles. The van der Waals surface area contributed by atoms with Crippen molar-refractivity contribution in [2.75, 3.05) is 6.61 Å². The van der Waals surface area contributed by atoms with Gasteiger partial charge in [-0.1, -0.05) is 30.3 Å². The highest BCUT2D eigenvalue weighted by atomic mass is 16.6. The van der Waals surface area contributed by atoms with Gasteiger partial charge in [0.15, 0.2) is 0 Å². The van der Waals surface area contributed by atoms with Crippen molar-refractivity contribution < 1.29 is 14.3 Å². The van der Waals surface area contributed by atoms with Crippen LogP contribution < -0.4 is 0 Å². The van der Waals surface area contributed by atoms with Crippen molar-refractivity contribution in [1.82, 2.24) is 4.90 Å². The number of cyclic esters (lactones) is 1. The number of carbonyl (C=O) groups excluding carboxylic acids is 2. The van der Waals surface area contributed by atoms with Crippen LogP contribution in [-0.2, 0) is 9.53 Å². The summed E-state index contributed by atoms with van der Waals surface area (Å²) in [5.74, 6) is -0.355. The normalized spacial score (nSPS) is 18.1. The number of imide groups is 1. The summed E-state index contributed by atoms with van der Waals surface area (Å²) in [7, 11) is 0. The third kappa shape index (κ3) is 2.42. The molecule has 1 saturated heterocycles. The molecular formula is C14H15NO3. The second kappa shape index (κ2) is 4.64. The van der Waals surface area contributed by atoms with E-state index in [0.717, 1.165) is 10.5 Å². The lowest BCUT2D eigenvalue weighted by molar-refractivity contribution is -0.125. The monoisotopic (exact) mass is 245 g/mol. The Morgan fingerprint density at radius 1 is 1.33 bits per heavy atom. The highest BCUT2D eigenvalue weighted by molar-refractivity contribution is 6.02. The number of nitrogens with zero attached hydrogens (tertiary/aromatic N) is 1. The van der Waals surface area contributed by atoms with E-state index >= 15 is 0 Å². The first-order chi connectivity index (χ1) is 8.50. The molecule has 0 radical (unpaired) electrons. The number of benzene rings is 1. The molecule has 0 aromatic heterocycles. The van der Waals surface area contributed by atoms with Gasteiger partial charge in [0.05, 0.1) is 5.54 Å². The number of ether oxygens (including phenoxy) is 1. The summed E-state index contributed by atoms with van der Waals surface area (Å²) in [6, 6.07) is 9.45. The lowest BCUT2D eigenvalue weighted by Gasteiger charge is -2.24. The Bertz CT molecular complexity index is 491. The van der Waals surface area contributed by atoms with Gasteiger partial charge in [0.25, 0.3) is 5.91 Å². The molecule has 1 aliphatic heterocycles. The molecule has 94 valence electrons. The van der Waals surface area contributed by atoms with Gasteiger partial charge in [-0.15, -0.1) is 0 Å². The fourth-order valence-electron chi connectivity index (χ4n) is 1.81. The van der Waals surface area contributed by atoms with Crippen LogP contribution in [0.3, 0.4) is 0 Å². The van der Waals surface area contributed by atoms with E-state index < -0.39 is 11.6 Å². The van der Waals surface area contributed by atoms with E-state index in [-0.39, 0.29) is 12.5 Å². The Balaban J connectivity index is 2.13. The molecule has 0 spiro atoms. The van der Waals surface area contributed by atoms with Gasteiger partial charge in [-0.3, -0.25) is 4.79 Å². The number of rotatable bonds is 2. The van der Waals surface area contributed by atoms with Crippen molar-refractivity contribution in [3.05, 3.63) is 42.0 Å². The predicted molar refractivity (Wildman–Crippen MR) is 67.7 cm³/mol. The van der Waals surface area contributed by atoms with Crippen molar-refractivity contribution in [3.63, 3.8) is 0 Å². The topological polar surface area (TPSA) is 46.6 Å². The molecule has 18 heavy (non-hydrogen) atoms. The van der Waals surface area contributed by atoms with E-state index in [1.54, 1.807) is 19.9 Å². The summed E-state index contributed by atoms with van der Waals surface area (Å²) in [6.45, 7) is 3.83. The van der Waals surface area contributed by atoms with Gasteiger partial charge < -0.3 is 4.74 Å². The molecule has 1 aromatic carbocycles. The first-order valence-electron chi connectivity index (χ1n) is 5.75. The van der Waals surface area contributed by atoms with Crippen LogP contribution in [0, 0.1) is 0 Å². The average Bonchev–Trinajstić information content (AvgIpc) is 2.62. The van der Waals surface area contributed by atoms with Crippen molar-refractivity contribution in [2.45, 2.75) is 19.4 Å². The molecular weight excluding hydrogens is 230 g/mol. The van der Waals surface area contributed by atoms with E-state index in [0.29, 0.717) is 0 Å². The molecule has 2 amide bonds. The molecule has 0 atom stereocenters. The lowest BCUT2D eigenvalue weighted by atomic mass is 10.1. The van der Waals surface area contributed by atoms with Crippen LogP contribution >= 0.6 is 0 Å². The van der Waals surface area contributed by atoms with Crippen LogP contribution in [0.25, 0.3) is 6.08 Å². The second-order valence-electron chi connectivity index (χ2n) is 4.78. The largest absolute Gasteiger partial charge is 0.447 e. The molecule has 4 heteroatoms. The average molecular weight is 245 g/mol. The van der Waals surface area contributed by atoms with E-state index in [2.05, 4.69) is 0 Å². The smallest absolute Gasteiger partial charge is 0.417 e. The number of carbonyl (C=O) groups is 2. The molecule has 1 aromatic rings. The van der Waals surface area contributed by atoms with Gasteiger partial charge in [0, 0.05) is 6.08 Å². The fraction of sp³-hybridized carbons (Fsp3) is 0.286. The van der Waals surface area contributed by atoms with Crippen LogP contribution in [0.4, 0.5) is 4.79 Å². The standard InChI is InChI=1S/C14H15NO3/c1-14(2)10-18-13(17)15(14)12(16)9-8-11-6-4-3-5-7-11/h3-9H,10H2,1-2H3/b9-8+. The lowest BCUT2D eigenvalue weighted by Crippen LogP contribution is -2.45. The number of hydrogen-bond donors (Lipinski definition) is 0. The fourth-order valence-corrected chi connectivity index (χ4v) is 1.81. The molecule has 2 rings (SSSR count). The van der Waals surface area contributed by atoms with Crippen molar-refractivity contribution in [3.8, 4) is 0 Å². The van der Waals surface area contributed by atoms with Crippen LogP contribution in [0.5, 0.6) is 0 Å². The summed E-state index contributed by atoms with van der Waals surface area (Å²) in [5, 5.41) is 0. The minimum atomic E-state index is -0.588. The Kier molecular flexibility index (Phi) is 3.19. The Hall–Kier alpha value is -2.10. The molecule has 1 heterocycles. The van der Waals surface area contributed by atoms with Crippen LogP contribution in [0.2, 0.25) is 0 Å². The maximum absolute atomic E-state index is 12.0. The zero-order chi connectivity index (χ0) is 13.2. The minimum Gasteiger partial charge on any atom is -0.447 e. The summed E-state index contributed by atoms with van der Waals surface area (Å²) in [5.41, 5.74) is 0.325. The number of amides is 2. The van der Waals surface area contributed by atoms with E-state index in [1.807, 2.05) is 30.3 Å². The highest BCUT2D eigenvalue weighted by Gasteiger charge is 2.43. The highest BCUT2D eigenvalue weighted by Crippen LogP contribution is 2.23. The molecule has 0 N–H and O–H groups in total. The molecule has 0 unspecified atom stereocenters. The van der Waals surface area contributed by atoms with Crippen LogP contribution in [0.1, 0.15) is 19.4 Å². The first-order valence-corrected chi connectivity index (χ1v) is 5.75.